The van der Waals surface area contributed by atoms with Crippen molar-refractivity contribution in [2.45, 2.75) is 13.8 Å². The molecule has 0 saturated heterocycles. The molecule has 0 fully saturated rings. The predicted octanol–water partition coefficient (Wildman–Crippen LogP) is 4.03. The molecule has 0 heterocycles. The van der Waals surface area contributed by atoms with Crippen LogP contribution in [0, 0.1) is 5.92 Å². The second kappa shape index (κ2) is 4.73. The molecule has 0 aliphatic rings. The van der Waals surface area contributed by atoms with E-state index in [9.17, 15) is 0 Å². The summed E-state index contributed by atoms with van der Waals surface area (Å²) in [6.45, 7) is 4.78. The Morgan fingerprint density at radius 2 is 1.77 bits per heavy atom. The Balaban J connectivity index is 2.75. The fourth-order valence-electron chi connectivity index (χ4n) is 0.870. The van der Waals surface area contributed by atoms with Gasteiger partial charge in [-0.05, 0) is 18.1 Å². The van der Waals surface area contributed by atoms with Gasteiger partial charge in [0.15, 0.2) is 5.75 Å². The molecule has 0 saturated carbocycles. The van der Waals surface area contributed by atoms with Gasteiger partial charge in [0.05, 0.1) is 16.7 Å². The van der Waals surface area contributed by atoms with Crippen LogP contribution in [0.25, 0.3) is 0 Å². The fraction of sp³-hybridized carbons (Fsp3) is 0.400. The Hall–Kier alpha value is -0.400. The Kier molecular flexibility index (Phi) is 3.89. The summed E-state index contributed by atoms with van der Waals surface area (Å²) >= 11 is 11.8. The lowest BCUT2D eigenvalue weighted by molar-refractivity contribution is 0.271. The van der Waals surface area contributed by atoms with E-state index < -0.39 is 0 Å². The molecule has 0 aromatic heterocycles. The van der Waals surface area contributed by atoms with Crippen LogP contribution in [0.15, 0.2) is 18.2 Å². The van der Waals surface area contributed by atoms with Crippen molar-refractivity contribution in [1.29, 1.82) is 0 Å². The van der Waals surface area contributed by atoms with Gasteiger partial charge in [0.2, 0.25) is 0 Å². The number of rotatable bonds is 3. The summed E-state index contributed by atoms with van der Waals surface area (Å²) < 4.78 is 5.47. The molecular formula is C10H12Cl2O. The number of para-hydroxylation sites is 1. The van der Waals surface area contributed by atoms with Gasteiger partial charge in [0, 0.05) is 0 Å². The Labute approximate surface area is 88.6 Å². The van der Waals surface area contributed by atoms with Crippen molar-refractivity contribution in [3.63, 3.8) is 0 Å². The molecule has 1 rings (SSSR count). The molecule has 1 aromatic rings. The summed E-state index contributed by atoms with van der Waals surface area (Å²) in [5.41, 5.74) is 0. The zero-order chi connectivity index (χ0) is 9.84. The maximum Gasteiger partial charge on any atom is 0.156 e. The van der Waals surface area contributed by atoms with Crippen LogP contribution in [0.2, 0.25) is 10.0 Å². The van der Waals surface area contributed by atoms with Gasteiger partial charge in [-0.3, -0.25) is 0 Å². The molecule has 0 aliphatic carbocycles. The molecule has 3 heteroatoms. The van der Waals surface area contributed by atoms with Crippen molar-refractivity contribution < 1.29 is 4.74 Å². The Morgan fingerprint density at radius 3 is 2.23 bits per heavy atom. The van der Waals surface area contributed by atoms with Crippen LogP contribution in [-0.4, -0.2) is 6.61 Å². The van der Waals surface area contributed by atoms with Crippen molar-refractivity contribution >= 4 is 23.2 Å². The van der Waals surface area contributed by atoms with Crippen molar-refractivity contribution in [1.82, 2.24) is 0 Å². The largest absolute Gasteiger partial charge is 0.490 e. The maximum atomic E-state index is 5.90. The first-order valence-corrected chi connectivity index (χ1v) is 4.93. The third-order valence-electron chi connectivity index (χ3n) is 1.48. The molecule has 0 spiro atoms. The van der Waals surface area contributed by atoms with Gasteiger partial charge in [0.25, 0.3) is 0 Å². The van der Waals surface area contributed by atoms with E-state index in [0.717, 1.165) is 0 Å². The lowest BCUT2D eigenvalue weighted by Crippen LogP contribution is -2.05. The first-order chi connectivity index (χ1) is 6.11. The first kappa shape index (κ1) is 10.7. The SMILES string of the molecule is CC(C)COc1c(Cl)cccc1Cl. The Morgan fingerprint density at radius 1 is 1.23 bits per heavy atom. The van der Waals surface area contributed by atoms with Crippen molar-refractivity contribution in [3.05, 3.63) is 28.2 Å². The molecule has 0 N–H and O–H groups in total. The minimum absolute atomic E-state index is 0.465. The number of benzene rings is 1. The third kappa shape index (κ3) is 3.09. The van der Waals surface area contributed by atoms with Crippen LogP contribution >= 0.6 is 23.2 Å². The van der Waals surface area contributed by atoms with Gasteiger partial charge in [-0.1, -0.05) is 43.1 Å². The summed E-state index contributed by atoms with van der Waals surface area (Å²) in [7, 11) is 0. The smallest absolute Gasteiger partial charge is 0.156 e. The van der Waals surface area contributed by atoms with E-state index in [-0.39, 0.29) is 0 Å². The Bertz CT molecular complexity index is 264. The second-order valence-corrected chi connectivity index (χ2v) is 4.07. The highest BCUT2D eigenvalue weighted by Gasteiger charge is 2.06. The van der Waals surface area contributed by atoms with E-state index in [2.05, 4.69) is 13.8 Å². The fourth-order valence-corrected chi connectivity index (χ4v) is 1.38. The van der Waals surface area contributed by atoms with Gasteiger partial charge >= 0.3 is 0 Å². The minimum atomic E-state index is 0.465. The summed E-state index contributed by atoms with van der Waals surface area (Å²) in [6, 6.07) is 5.33. The average Bonchev–Trinajstić information content (AvgIpc) is 2.03. The van der Waals surface area contributed by atoms with Crippen LogP contribution in [0.4, 0.5) is 0 Å². The molecule has 0 bridgehead atoms. The quantitative estimate of drug-likeness (QED) is 0.745. The topological polar surface area (TPSA) is 9.23 Å². The molecule has 13 heavy (non-hydrogen) atoms. The molecule has 0 unspecified atom stereocenters. The predicted molar refractivity (Wildman–Crippen MR) is 56.8 cm³/mol. The highest BCUT2D eigenvalue weighted by atomic mass is 35.5. The second-order valence-electron chi connectivity index (χ2n) is 3.26. The number of hydrogen-bond donors (Lipinski definition) is 0. The normalized spacial score (nSPS) is 10.5. The molecular weight excluding hydrogens is 207 g/mol. The van der Waals surface area contributed by atoms with Gasteiger partial charge in [-0.25, -0.2) is 0 Å². The van der Waals surface area contributed by atoms with Gasteiger partial charge in [-0.2, -0.15) is 0 Å². The van der Waals surface area contributed by atoms with E-state index >= 15 is 0 Å². The summed E-state index contributed by atoms with van der Waals surface area (Å²) in [4.78, 5) is 0. The van der Waals surface area contributed by atoms with E-state index in [1.54, 1.807) is 18.2 Å². The van der Waals surface area contributed by atoms with E-state index in [1.807, 2.05) is 0 Å². The standard InChI is InChI=1S/C10H12Cl2O/c1-7(2)6-13-10-8(11)4-3-5-9(10)12/h3-5,7H,6H2,1-2H3. The third-order valence-corrected chi connectivity index (χ3v) is 2.08. The van der Waals surface area contributed by atoms with Crippen LogP contribution in [0.3, 0.4) is 0 Å². The lowest BCUT2D eigenvalue weighted by Gasteiger charge is -2.11. The summed E-state index contributed by atoms with van der Waals surface area (Å²) in [6.07, 6.45) is 0. The van der Waals surface area contributed by atoms with Gasteiger partial charge in [-0.15, -0.1) is 0 Å². The number of ether oxygens (including phenoxy) is 1. The van der Waals surface area contributed by atoms with Crippen LogP contribution < -0.4 is 4.74 Å². The van der Waals surface area contributed by atoms with E-state index in [1.165, 1.54) is 0 Å². The van der Waals surface area contributed by atoms with E-state index in [4.69, 9.17) is 27.9 Å². The van der Waals surface area contributed by atoms with Crippen molar-refractivity contribution in [3.8, 4) is 5.75 Å². The molecule has 0 aliphatic heterocycles. The minimum Gasteiger partial charge on any atom is -0.490 e. The zero-order valence-corrected chi connectivity index (χ0v) is 9.19. The summed E-state index contributed by atoms with van der Waals surface area (Å²) in [5.74, 6) is 1.05. The number of halogens is 2. The summed E-state index contributed by atoms with van der Waals surface area (Å²) in [5, 5.41) is 1.13. The van der Waals surface area contributed by atoms with Crippen molar-refractivity contribution in [2.75, 3.05) is 6.61 Å². The van der Waals surface area contributed by atoms with Gasteiger partial charge in [0.1, 0.15) is 0 Å². The number of hydrogen-bond acceptors (Lipinski definition) is 1. The monoisotopic (exact) mass is 218 g/mol. The zero-order valence-electron chi connectivity index (χ0n) is 7.68. The lowest BCUT2D eigenvalue weighted by atomic mass is 10.2. The average molecular weight is 219 g/mol. The molecule has 1 nitrogen and oxygen atoms in total. The molecule has 0 amide bonds. The van der Waals surface area contributed by atoms with Crippen LogP contribution in [-0.2, 0) is 0 Å². The highest BCUT2D eigenvalue weighted by Crippen LogP contribution is 2.32. The highest BCUT2D eigenvalue weighted by molar-refractivity contribution is 6.37. The molecule has 1 aromatic carbocycles. The molecule has 0 atom stereocenters. The van der Waals surface area contributed by atoms with Crippen molar-refractivity contribution in [2.24, 2.45) is 5.92 Å². The molecule has 72 valence electrons. The van der Waals surface area contributed by atoms with E-state index in [0.29, 0.717) is 28.3 Å². The van der Waals surface area contributed by atoms with Gasteiger partial charge < -0.3 is 4.74 Å². The first-order valence-electron chi connectivity index (χ1n) is 4.18. The van der Waals surface area contributed by atoms with Crippen LogP contribution in [0.5, 0.6) is 5.75 Å². The van der Waals surface area contributed by atoms with Crippen LogP contribution in [0.1, 0.15) is 13.8 Å². The molecule has 0 radical (unpaired) electrons. The maximum absolute atomic E-state index is 5.90.